The predicted octanol–water partition coefficient (Wildman–Crippen LogP) is 1.63. The first-order valence-corrected chi connectivity index (χ1v) is 5.73. The third-order valence-electron chi connectivity index (χ3n) is 2.60. The summed E-state index contributed by atoms with van der Waals surface area (Å²) in [5.41, 5.74) is 1.29. The van der Waals surface area contributed by atoms with Crippen LogP contribution in [-0.4, -0.2) is 34.6 Å². The van der Waals surface area contributed by atoms with Crippen LogP contribution in [0.1, 0.15) is 25.6 Å². The molecule has 0 amide bonds. The van der Waals surface area contributed by atoms with Gasteiger partial charge in [0.1, 0.15) is 11.7 Å². The third kappa shape index (κ3) is 2.27. The van der Waals surface area contributed by atoms with Gasteiger partial charge in [-0.1, -0.05) is 0 Å². The zero-order valence-corrected chi connectivity index (χ0v) is 10.6. The maximum atomic E-state index is 11.6. The lowest BCUT2D eigenvalue weighted by molar-refractivity contribution is -0.144. The summed E-state index contributed by atoms with van der Waals surface area (Å²) in [6.07, 6.45) is 0. The number of aromatic nitrogens is 3. The monoisotopic (exact) mass is 249 g/mol. The second-order valence-electron chi connectivity index (χ2n) is 3.82. The number of pyridine rings is 1. The Morgan fingerprint density at radius 2 is 2.22 bits per heavy atom. The van der Waals surface area contributed by atoms with Gasteiger partial charge in [-0.25, -0.2) is 4.98 Å². The van der Waals surface area contributed by atoms with Crippen molar-refractivity contribution in [2.45, 2.75) is 19.8 Å². The maximum absolute atomic E-state index is 11.6. The number of methoxy groups -OCH3 is 1. The lowest BCUT2D eigenvalue weighted by Crippen LogP contribution is -2.14. The molecule has 1 atom stereocenters. The SMILES string of the molecule is CCOC(=O)C(C)c1nc2nc(OC)ccc2[nH]1. The van der Waals surface area contributed by atoms with Gasteiger partial charge in [0.15, 0.2) is 5.65 Å². The highest BCUT2D eigenvalue weighted by molar-refractivity contribution is 5.79. The van der Waals surface area contributed by atoms with Crippen molar-refractivity contribution in [1.82, 2.24) is 15.0 Å². The normalized spacial score (nSPS) is 12.4. The van der Waals surface area contributed by atoms with Crippen molar-refractivity contribution in [2.75, 3.05) is 13.7 Å². The number of esters is 1. The van der Waals surface area contributed by atoms with Crippen molar-refractivity contribution < 1.29 is 14.3 Å². The summed E-state index contributed by atoms with van der Waals surface area (Å²) in [4.78, 5) is 23.1. The third-order valence-corrected chi connectivity index (χ3v) is 2.60. The number of H-pyrrole nitrogens is 1. The highest BCUT2D eigenvalue weighted by atomic mass is 16.5. The predicted molar refractivity (Wildman–Crippen MR) is 65.5 cm³/mol. The number of rotatable bonds is 4. The van der Waals surface area contributed by atoms with Gasteiger partial charge in [0.05, 0.1) is 19.2 Å². The highest BCUT2D eigenvalue weighted by Gasteiger charge is 2.20. The summed E-state index contributed by atoms with van der Waals surface area (Å²) < 4.78 is 9.98. The molecule has 0 saturated carbocycles. The van der Waals surface area contributed by atoms with E-state index >= 15 is 0 Å². The van der Waals surface area contributed by atoms with E-state index < -0.39 is 5.92 Å². The number of fused-ring (bicyclic) bond motifs is 1. The van der Waals surface area contributed by atoms with E-state index in [2.05, 4.69) is 15.0 Å². The molecule has 1 unspecified atom stereocenters. The minimum Gasteiger partial charge on any atom is -0.481 e. The molecule has 0 spiro atoms. The van der Waals surface area contributed by atoms with Crippen LogP contribution in [0.2, 0.25) is 0 Å². The van der Waals surface area contributed by atoms with Crippen LogP contribution in [0.3, 0.4) is 0 Å². The average molecular weight is 249 g/mol. The van der Waals surface area contributed by atoms with Crippen LogP contribution in [0.25, 0.3) is 11.2 Å². The van der Waals surface area contributed by atoms with Crippen LogP contribution in [0.4, 0.5) is 0 Å². The number of hydrogen-bond acceptors (Lipinski definition) is 5. The molecule has 2 heterocycles. The van der Waals surface area contributed by atoms with Gasteiger partial charge in [-0.15, -0.1) is 0 Å². The van der Waals surface area contributed by atoms with Gasteiger partial charge in [0.2, 0.25) is 5.88 Å². The molecule has 0 radical (unpaired) electrons. The van der Waals surface area contributed by atoms with Crippen molar-refractivity contribution in [3.63, 3.8) is 0 Å². The Balaban J connectivity index is 2.32. The van der Waals surface area contributed by atoms with Gasteiger partial charge in [0.25, 0.3) is 0 Å². The van der Waals surface area contributed by atoms with Gasteiger partial charge in [-0.3, -0.25) is 4.79 Å². The molecular formula is C12H15N3O3. The summed E-state index contributed by atoms with van der Waals surface area (Å²) in [5.74, 6) is 0.294. The Morgan fingerprint density at radius 3 is 2.89 bits per heavy atom. The van der Waals surface area contributed by atoms with Gasteiger partial charge in [0, 0.05) is 6.07 Å². The molecule has 0 bridgehead atoms. The molecule has 18 heavy (non-hydrogen) atoms. The number of nitrogens with zero attached hydrogens (tertiary/aromatic N) is 2. The van der Waals surface area contributed by atoms with E-state index in [4.69, 9.17) is 9.47 Å². The molecule has 6 nitrogen and oxygen atoms in total. The molecule has 2 aromatic rings. The smallest absolute Gasteiger partial charge is 0.316 e. The standard InChI is InChI=1S/C12H15N3O3/c1-4-18-12(16)7(2)10-13-8-5-6-9(17-3)14-11(8)15-10/h5-7H,4H2,1-3H3,(H,13,14,15). The Hall–Kier alpha value is -2.11. The van der Waals surface area contributed by atoms with Gasteiger partial charge in [-0.2, -0.15) is 4.98 Å². The van der Waals surface area contributed by atoms with Crippen LogP contribution >= 0.6 is 0 Å². The van der Waals surface area contributed by atoms with Crippen molar-refractivity contribution in [3.05, 3.63) is 18.0 Å². The van der Waals surface area contributed by atoms with E-state index in [1.54, 1.807) is 27.0 Å². The van der Waals surface area contributed by atoms with E-state index in [-0.39, 0.29) is 5.97 Å². The lowest BCUT2D eigenvalue weighted by atomic mass is 10.2. The van der Waals surface area contributed by atoms with Crippen molar-refractivity contribution in [3.8, 4) is 5.88 Å². The minimum absolute atomic E-state index is 0.302. The zero-order chi connectivity index (χ0) is 13.1. The lowest BCUT2D eigenvalue weighted by Gasteiger charge is -2.06. The summed E-state index contributed by atoms with van der Waals surface area (Å²) in [5, 5.41) is 0. The summed E-state index contributed by atoms with van der Waals surface area (Å²) in [6, 6.07) is 3.55. The Morgan fingerprint density at radius 1 is 1.44 bits per heavy atom. The second kappa shape index (κ2) is 5.03. The van der Waals surface area contributed by atoms with Crippen molar-refractivity contribution in [2.24, 2.45) is 0 Å². The molecule has 1 N–H and O–H groups in total. The van der Waals surface area contributed by atoms with Crippen LogP contribution < -0.4 is 4.74 Å². The Labute approximate surface area is 104 Å². The number of hydrogen-bond donors (Lipinski definition) is 1. The Kier molecular flexibility index (Phi) is 3.45. The average Bonchev–Trinajstić information content (AvgIpc) is 2.80. The molecule has 2 aromatic heterocycles. The number of ether oxygens (including phenoxy) is 2. The number of carbonyl (C=O) groups is 1. The molecule has 0 aliphatic rings. The first-order chi connectivity index (χ1) is 8.65. The van der Waals surface area contributed by atoms with Crippen molar-refractivity contribution >= 4 is 17.1 Å². The fourth-order valence-corrected chi connectivity index (χ4v) is 1.59. The minimum atomic E-state index is -0.440. The van der Waals surface area contributed by atoms with E-state index in [1.165, 1.54) is 0 Å². The van der Waals surface area contributed by atoms with Gasteiger partial charge >= 0.3 is 5.97 Å². The molecule has 0 fully saturated rings. The fraction of sp³-hybridized carbons (Fsp3) is 0.417. The van der Waals surface area contributed by atoms with Gasteiger partial charge in [-0.05, 0) is 19.9 Å². The summed E-state index contributed by atoms with van der Waals surface area (Å²) >= 11 is 0. The largest absolute Gasteiger partial charge is 0.481 e. The quantitative estimate of drug-likeness (QED) is 0.833. The number of aromatic amines is 1. The van der Waals surface area contributed by atoms with Crippen LogP contribution in [-0.2, 0) is 9.53 Å². The van der Waals surface area contributed by atoms with Crippen molar-refractivity contribution in [1.29, 1.82) is 0 Å². The van der Waals surface area contributed by atoms with Crippen LogP contribution in [0.15, 0.2) is 12.1 Å². The number of carbonyl (C=O) groups excluding carboxylic acids is 1. The maximum Gasteiger partial charge on any atom is 0.316 e. The second-order valence-corrected chi connectivity index (χ2v) is 3.82. The first kappa shape index (κ1) is 12.3. The van der Waals surface area contributed by atoms with Gasteiger partial charge < -0.3 is 14.5 Å². The first-order valence-electron chi connectivity index (χ1n) is 5.73. The molecule has 0 aliphatic carbocycles. The summed E-state index contributed by atoms with van der Waals surface area (Å²) in [7, 11) is 1.54. The topological polar surface area (TPSA) is 77.1 Å². The van der Waals surface area contributed by atoms with E-state index in [9.17, 15) is 4.79 Å². The molecule has 2 rings (SSSR count). The molecule has 96 valence electrons. The fourth-order valence-electron chi connectivity index (χ4n) is 1.59. The van der Waals surface area contributed by atoms with Crippen LogP contribution in [0.5, 0.6) is 5.88 Å². The molecular weight excluding hydrogens is 234 g/mol. The molecule has 0 saturated heterocycles. The molecule has 6 heteroatoms. The van der Waals surface area contributed by atoms with E-state index in [0.717, 1.165) is 5.52 Å². The number of nitrogens with one attached hydrogen (secondary N) is 1. The zero-order valence-electron chi connectivity index (χ0n) is 10.6. The highest BCUT2D eigenvalue weighted by Crippen LogP contribution is 2.19. The molecule has 0 aromatic carbocycles. The van der Waals surface area contributed by atoms with E-state index in [1.807, 2.05) is 6.07 Å². The summed E-state index contributed by atoms with van der Waals surface area (Å²) in [6.45, 7) is 3.87. The van der Waals surface area contributed by atoms with Crippen LogP contribution in [0, 0.1) is 0 Å². The number of imidazole rings is 1. The molecule has 0 aliphatic heterocycles. The Bertz CT molecular complexity index is 565. The van der Waals surface area contributed by atoms with E-state index in [0.29, 0.717) is 24.0 Å².